The lowest BCUT2D eigenvalue weighted by atomic mass is 9.83. The zero-order valence-corrected chi connectivity index (χ0v) is 8.98. The molecule has 0 bridgehead atoms. The third-order valence-electron chi connectivity index (χ3n) is 2.87. The van der Waals surface area contributed by atoms with E-state index in [0.717, 1.165) is 19.3 Å². The van der Waals surface area contributed by atoms with E-state index >= 15 is 0 Å². The van der Waals surface area contributed by atoms with Gasteiger partial charge < -0.3 is 4.74 Å². The molecular weight excluding hydrogens is 198 g/mol. The SMILES string of the molecule is CCOC(=O)C[C@@H]1CCCCC1[N+](=O)[O-]. The number of esters is 1. The fraction of sp³-hybridized carbons (Fsp3) is 0.900. The van der Waals surface area contributed by atoms with Crippen LogP contribution in [0.25, 0.3) is 0 Å². The third kappa shape index (κ3) is 3.49. The maximum atomic E-state index is 11.2. The van der Waals surface area contributed by atoms with Crippen molar-refractivity contribution in [2.24, 2.45) is 5.92 Å². The minimum Gasteiger partial charge on any atom is -0.466 e. The highest BCUT2D eigenvalue weighted by Gasteiger charge is 2.35. The average molecular weight is 215 g/mol. The van der Waals surface area contributed by atoms with Gasteiger partial charge in [-0.25, -0.2) is 0 Å². The van der Waals surface area contributed by atoms with Crippen molar-refractivity contribution in [3.63, 3.8) is 0 Å². The zero-order chi connectivity index (χ0) is 11.3. The molecule has 5 nitrogen and oxygen atoms in total. The lowest BCUT2D eigenvalue weighted by Crippen LogP contribution is -2.33. The Morgan fingerprint density at radius 1 is 1.47 bits per heavy atom. The highest BCUT2D eigenvalue weighted by Crippen LogP contribution is 2.29. The average Bonchev–Trinajstić information content (AvgIpc) is 2.18. The summed E-state index contributed by atoms with van der Waals surface area (Å²) < 4.78 is 4.81. The van der Waals surface area contributed by atoms with Crippen molar-refractivity contribution in [3.8, 4) is 0 Å². The predicted octanol–water partition coefficient (Wildman–Crippen LogP) is 1.78. The molecule has 1 unspecified atom stereocenters. The Balaban J connectivity index is 2.49. The minimum absolute atomic E-state index is 0.132. The predicted molar refractivity (Wildman–Crippen MR) is 54.0 cm³/mol. The van der Waals surface area contributed by atoms with Crippen LogP contribution in [0.4, 0.5) is 0 Å². The summed E-state index contributed by atoms with van der Waals surface area (Å²) in [6, 6.07) is -0.553. The number of hydrogen-bond acceptors (Lipinski definition) is 4. The number of hydrogen-bond donors (Lipinski definition) is 0. The standard InChI is InChI=1S/C10H17NO4/c1-2-15-10(12)7-8-5-3-4-6-9(8)11(13)14/h8-9H,2-7H2,1H3/t8-,9?/m0/s1. The molecule has 0 heterocycles. The maximum absolute atomic E-state index is 11.2. The Hall–Kier alpha value is -1.13. The van der Waals surface area contributed by atoms with E-state index in [4.69, 9.17) is 4.74 Å². The van der Waals surface area contributed by atoms with Crippen LogP contribution >= 0.6 is 0 Å². The summed E-state index contributed by atoms with van der Waals surface area (Å²) in [6.07, 6.45) is 3.43. The van der Waals surface area contributed by atoms with Crippen LogP contribution in [-0.4, -0.2) is 23.5 Å². The van der Waals surface area contributed by atoms with E-state index in [-0.39, 0.29) is 23.2 Å². The molecule has 5 heteroatoms. The molecule has 86 valence electrons. The maximum Gasteiger partial charge on any atom is 0.306 e. The van der Waals surface area contributed by atoms with Gasteiger partial charge in [-0.05, 0) is 19.8 Å². The van der Waals surface area contributed by atoms with Gasteiger partial charge in [-0.15, -0.1) is 0 Å². The first-order valence-electron chi connectivity index (χ1n) is 5.44. The van der Waals surface area contributed by atoms with Gasteiger partial charge in [-0.3, -0.25) is 14.9 Å². The summed E-state index contributed by atoms with van der Waals surface area (Å²) in [5.74, 6) is -0.441. The second-order valence-corrected chi connectivity index (χ2v) is 3.91. The van der Waals surface area contributed by atoms with Crippen LogP contribution in [0.3, 0.4) is 0 Å². The Kier molecular flexibility index (Phi) is 4.52. The molecule has 0 spiro atoms. The molecule has 1 aliphatic carbocycles. The van der Waals surface area contributed by atoms with Crippen LogP contribution in [0.5, 0.6) is 0 Å². The molecule has 0 aromatic carbocycles. The van der Waals surface area contributed by atoms with Crippen LogP contribution in [0.2, 0.25) is 0 Å². The summed E-state index contributed by atoms with van der Waals surface area (Å²) in [5.41, 5.74) is 0. The third-order valence-corrected chi connectivity index (χ3v) is 2.87. The molecule has 0 radical (unpaired) electrons. The van der Waals surface area contributed by atoms with E-state index in [2.05, 4.69) is 0 Å². The van der Waals surface area contributed by atoms with Crippen LogP contribution in [0.15, 0.2) is 0 Å². The van der Waals surface area contributed by atoms with E-state index in [1.807, 2.05) is 0 Å². The van der Waals surface area contributed by atoms with Gasteiger partial charge in [0.05, 0.1) is 13.0 Å². The van der Waals surface area contributed by atoms with Crippen LogP contribution in [0.1, 0.15) is 39.0 Å². The van der Waals surface area contributed by atoms with E-state index in [9.17, 15) is 14.9 Å². The molecule has 1 rings (SSSR count). The van der Waals surface area contributed by atoms with Crippen molar-refractivity contribution in [2.75, 3.05) is 6.61 Å². The van der Waals surface area contributed by atoms with Gasteiger partial charge in [-0.2, -0.15) is 0 Å². The Morgan fingerprint density at radius 3 is 2.73 bits per heavy atom. The Labute approximate surface area is 88.9 Å². The lowest BCUT2D eigenvalue weighted by Gasteiger charge is -2.24. The number of ether oxygens (including phenoxy) is 1. The van der Waals surface area contributed by atoms with E-state index in [0.29, 0.717) is 13.0 Å². The van der Waals surface area contributed by atoms with E-state index < -0.39 is 6.04 Å². The molecule has 0 aromatic heterocycles. The van der Waals surface area contributed by atoms with Crippen molar-refractivity contribution >= 4 is 5.97 Å². The van der Waals surface area contributed by atoms with E-state index in [1.54, 1.807) is 6.92 Å². The van der Waals surface area contributed by atoms with Gasteiger partial charge in [0.25, 0.3) is 0 Å². The van der Waals surface area contributed by atoms with Crippen LogP contribution in [-0.2, 0) is 9.53 Å². The van der Waals surface area contributed by atoms with Gasteiger partial charge >= 0.3 is 5.97 Å². The van der Waals surface area contributed by atoms with Crippen molar-refractivity contribution in [1.29, 1.82) is 0 Å². The quantitative estimate of drug-likeness (QED) is 0.407. The number of nitrogens with zero attached hydrogens (tertiary/aromatic N) is 1. The number of carbonyl (C=O) groups excluding carboxylic acids is 1. The number of nitro groups is 1. The fourth-order valence-electron chi connectivity index (χ4n) is 2.14. The molecule has 1 saturated carbocycles. The van der Waals surface area contributed by atoms with Crippen molar-refractivity contribution < 1.29 is 14.5 Å². The Bertz CT molecular complexity index is 242. The second kappa shape index (κ2) is 5.68. The summed E-state index contributed by atoms with van der Waals surface area (Å²) >= 11 is 0. The van der Waals surface area contributed by atoms with Gasteiger partial charge in [-0.1, -0.05) is 6.42 Å². The first-order valence-corrected chi connectivity index (χ1v) is 5.44. The monoisotopic (exact) mass is 215 g/mol. The molecular formula is C10H17NO4. The molecule has 0 saturated heterocycles. The van der Waals surface area contributed by atoms with Crippen molar-refractivity contribution in [1.82, 2.24) is 0 Å². The first-order chi connectivity index (χ1) is 7.15. The molecule has 0 amide bonds. The normalized spacial score (nSPS) is 25.9. The largest absolute Gasteiger partial charge is 0.466 e. The number of carbonyl (C=O) groups is 1. The smallest absolute Gasteiger partial charge is 0.306 e. The highest BCUT2D eigenvalue weighted by molar-refractivity contribution is 5.69. The summed E-state index contributed by atoms with van der Waals surface area (Å²) in [6.45, 7) is 2.08. The first kappa shape index (κ1) is 11.9. The minimum atomic E-state index is -0.553. The van der Waals surface area contributed by atoms with Crippen molar-refractivity contribution in [3.05, 3.63) is 10.1 Å². The summed E-state index contributed by atoms with van der Waals surface area (Å²) in [5, 5.41) is 10.8. The van der Waals surface area contributed by atoms with Crippen LogP contribution in [0, 0.1) is 16.0 Å². The Morgan fingerprint density at radius 2 is 2.13 bits per heavy atom. The molecule has 0 aromatic rings. The topological polar surface area (TPSA) is 69.4 Å². The second-order valence-electron chi connectivity index (χ2n) is 3.91. The summed E-state index contributed by atoms with van der Waals surface area (Å²) in [7, 11) is 0. The number of rotatable bonds is 4. The highest BCUT2D eigenvalue weighted by atomic mass is 16.6. The lowest BCUT2D eigenvalue weighted by molar-refractivity contribution is -0.535. The fourth-order valence-corrected chi connectivity index (χ4v) is 2.14. The van der Waals surface area contributed by atoms with E-state index in [1.165, 1.54) is 0 Å². The summed E-state index contributed by atoms with van der Waals surface area (Å²) in [4.78, 5) is 21.7. The van der Waals surface area contributed by atoms with Crippen LogP contribution < -0.4 is 0 Å². The molecule has 0 N–H and O–H groups in total. The van der Waals surface area contributed by atoms with Gasteiger partial charge in [0.15, 0.2) is 0 Å². The zero-order valence-electron chi connectivity index (χ0n) is 8.98. The molecule has 1 fully saturated rings. The van der Waals surface area contributed by atoms with Gasteiger partial charge in [0, 0.05) is 17.3 Å². The molecule has 15 heavy (non-hydrogen) atoms. The van der Waals surface area contributed by atoms with Gasteiger partial charge in [0.1, 0.15) is 0 Å². The molecule has 1 aliphatic rings. The molecule has 2 atom stereocenters. The van der Waals surface area contributed by atoms with Crippen molar-refractivity contribution in [2.45, 2.75) is 45.1 Å². The molecule has 0 aliphatic heterocycles. The van der Waals surface area contributed by atoms with Gasteiger partial charge in [0.2, 0.25) is 6.04 Å².